The maximum atomic E-state index is 10.1. The molecular formula is C2H3Cl2NO2S. The van der Waals surface area contributed by atoms with E-state index in [1.165, 1.54) is 0 Å². The maximum Gasteiger partial charge on any atom is 0.249 e. The van der Waals surface area contributed by atoms with Crippen molar-refractivity contribution in [3.05, 3.63) is 9.90 Å². The third-order valence-electron chi connectivity index (χ3n) is 0.358. The van der Waals surface area contributed by atoms with Crippen LogP contribution in [0.25, 0.3) is 0 Å². The lowest BCUT2D eigenvalue weighted by atomic mass is 11.2. The molecule has 0 aliphatic rings. The number of halogens is 2. The highest BCUT2D eigenvalue weighted by Gasteiger charge is 2.05. The minimum atomic E-state index is -3.76. The molecule has 3 nitrogen and oxygen atoms in total. The Morgan fingerprint density at radius 2 is 2.00 bits per heavy atom. The number of hydrogen-bond acceptors (Lipinski definition) is 2. The zero-order valence-corrected chi connectivity index (χ0v) is 5.96. The van der Waals surface area contributed by atoms with Gasteiger partial charge in [0.15, 0.2) is 4.36 Å². The molecule has 0 aliphatic carbocycles. The van der Waals surface area contributed by atoms with Gasteiger partial charge >= 0.3 is 0 Å². The quantitative estimate of drug-likeness (QED) is 0.634. The summed E-state index contributed by atoms with van der Waals surface area (Å²) in [7, 11) is -3.76. The standard InChI is InChI=1S/C2H3Cl2NO2S/c3-1-2(4)8(5,6)7/h1H,(H2,5,6,7). The second-order valence-corrected chi connectivity index (χ2v) is 3.34. The van der Waals surface area contributed by atoms with Gasteiger partial charge in [-0.1, -0.05) is 23.2 Å². The van der Waals surface area contributed by atoms with Crippen LogP contribution in [0.4, 0.5) is 0 Å². The van der Waals surface area contributed by atoms with Crippen molar-refractivity contribution >= 4 is 33.2 Å². The van der Waals surface area contributed by atoms with Crippen molar-refractivity contribution in [2.24, 2.45) is 5.14 Å². The first kappa shape index (κ1) is 8.23. The molecule has 0 rings (SSSR count). The third-order valence-corrected chi connectivity index (χ3v) is 2.23. The summed E-state index contributed by atoms with van der Waals surface area (Å²) in [6.07, 6.45) is 0. The predicted molar refractivity (Wildman–Crippen MR) is 32.9 cm³/mol. The van der Waals surface area contributed by atoms with E-state index >= 15 is 0 Å². The normalized spacial score (nSPS) is 14.1. The fourth-order valence-electron chi connectivity index (χ4n) is 0.0621. The molecule has 0 bridgehead atoms. The molecule has 0 unspecified atom stereocenters. The Bertz CT molecular complexity index is 194. The van der Waals surface area contributed by atoms with Crippen LogP contribution in [0, 0.1) is 0 Å². The number of rotatable bonds is 1. The Kier molecular flexibility index (Phi) is 2.76. The van der Waals surface area contributed by atoms with E-state index in [9.17, 15) is 8.42 Å². The molecule has 2 N–H and O–H groups in total. The van der Waals surface area contributed by atoms with E-state index in [2.05, 4.69) is 5.14 Å². The first-order chi connectivity index (χ1) is 3.48. The summed E-state index contributed by atoms with van der Waals surface area (Å²) in [6, 6.07) is 0. The molecule has 8 heavy (non-hydrogen) atoms. The number of sulfonamides is 1. The predicted octanol–water partition coefficient (Wildman–Crippen LogP) is 0.551. The minimum absolute atomic E-state index is 0.556. The van der Waals surface area contributed by atoms with Gasteiger partial charge < -0.3 is 0 Å². The Labute approximate surface area is 57.1 Å². The van der Waals surface area contributed by atoms with Crippen molar-refractivity contribution in [3.63, 3.8) is 0 Å². The van der Waals surface area contributed by atoms with Crippen molar-refractivity contribution in [1.82, 2.24) is 0 Å². The van der Waals surface area contributed by atoms with Crippen LogP contribution in [0.3, 0.4) is 0 Å². The smallest absolute Gasteiger partial charge is 0.224 e. The molecule has 48 valence electrons. The highest BCUT2D eigenvalue weighted by molar-refractivity contribution is 7.94. The van der Waals surface area contributed by atoms with Crippen molar-refractivity contribution in [3.8, 4) is 0 Å². The average molecular weight is 176 g/mol. The van der Waals surface area contributed by atoms with Gasteiger partial charge in [-0.3, -0.25) is 0 Å². The van der Waals surface area contributed by atoms with E-state index in [4.69, 9.17) is 23.2 Å². The van der Waals surface area contributed by atoms with Crippen LogP contribution in [0.2, 0.25) is 0 Å². The van der Waals surface area contributed by atoms with E-state index in [0.29, 0.717) is 5.54 Å². The Morgan fingerprint density at radius 3 is 2.00 bits per heavy atom. The van der Waals surface area contributed by atoms with Crippen LogP contribution in [-0.4, -0.2) is 8.42 Å². The summed E-state index contributed by atoms with van der Waals surface area (Å²) >= 11 is 9.84. The SMILES string of the molecule is NS(=O)(=O)C(Cl)=CCl. The van der Waals surface area contributed by atoms with Crippen LogP contribution in [-0.2, 0) is 10.0 Å². The first-order valence-corrected chi connectivity index (χ1v) is 3.83. The molecule has 0 amide bonds. The van der Waals surface area contributed by atoms with Gasteiger partial charge in [-0.15, -0.1) is 0 Å². The lowest BCUT2D eigenvalue weighted by Crippen LogP contribution is -2.10. The molecule has 0 aromatic rings. The molecule has 0 atom stereocenters. The third kappa shape index (κ3) is 2.52. The van der Waals surface area contributed by atoms with Crippen LogP contribution in [0.1, 0.15) is 0 Å². The summed E-state index contributed by atoms with van der Waals surface area (Å²) in [5.41, 5.74) is 0.691. The fraction of sp³-hybridized carbons (Fsp3) is 0. The van der Waals surface area contributed by atoms with Crippen molar-refractivity contribution < 1.29 is 8.42 Å². The van der Waals surface area contributed by atoms with Crippen LogP contribution >= 0.6 is 23.2 Å². The second-order valence-electron chi connectivity index (χ2n) is 0.958. The van der Waals surface area contributed by atoms with E-state index in [1.54, 1.807) is 0 Å². The Balaban J connectivity index is 4.55. The summed E-state index contributed by atoms with van der Waals surface area (Å²) < 4.78 is 19.6. The van der Waals surface area contributed by atoms with E-state index in [-0.39, 0.29) is 0 Å². The second kappa shape index (κ2) is 2.68. The molecular weight excluding hydrogens is 173 g/mol. The topological polar surface area (TPSA) is 60.2 Å². The molecule has 0 spiro atoms. The Morgan fingerprint density at radius 1 is 1.62 bits per heavy atom. The molecule has 0 fully saturated rings. The summed E-state index contributed by atoms with van der Waals surface area (Å²) in [6.45, 7) is 0. The Hall–Kier alpha value is 0.230. The molecule has 0 aromatic heterocycles. The number of nitrogens with two attached hydrogens (primary N) is 1. The fourth-order valence-corrected chi connectivity index (χ4v) is 0.559. The highest BCUT2D eigenvalue weighted by Crippen LogP contribution is 2.07. The van der Waals surface area contributed by atoms with E-state index < -0.39 is 14.4 Å². The molecule has 0 saturated carbocycles. The monoisotopic (exact) mass is 175 g/mol. The minimum Gasteiger partial charge on any atom is -0.224 e. The lowest BCUT2D eigenvalue weighted by molar-refractivity contribution is 0.605. The van der Waals surface area contributed by atoms with E-state index in [0.717, 1.165) is 0 Å². The van der Waals surface area contributed by atoms with Crippen LogP contribution in [0.15, 0.2) is 9.90 Å². The van der Waals surface area contributed by atoms with Gasteiger partial charge in [-0.2, -0.15) is 0 Å². The van der Waals surface area contributed by atoms with Crippen LogP contribution in [0.5, 0.6) is 0 Å². The van der Waals surface area contributed by atoms with Gasteiger partial charge in [-0.25, -0.2) is 13.6 Å². The molecule has 0 aromatic carbocycles. The van der Waals surface area contributed by atoms with Gasteiger partial charge in [-0.05, 0) is 0 Å². The van der Waals surface area contributed by atoms with Gasteiger partial charge in [0, 0.05) is 5.54 Å². The summed E-state index contributed by atoms with van der Waals surface area (Å²) in [4.78, 5) is 0. The largest absolute Gasteiger partial charge is 0.249 e. The van der Waals surface area contributed by atoms with Gasteiger partial charge in [0.1, 0.15) is 0 Å². The van der Waals surface area contributed by atoms with Crippen LogP contribution < -0.4 is 5.14 Å². The van der Waals surface area contributed by atoms with Crippen molar-refractivity contribution in [1.29, 1.82) is 0 Å². The summed E-state index contributed by atoms with van der Waals surface area (Å²) in [5.74, 6) is 0. The summed E-state index contributed by atoms with van der Waals surface area (Å²) in [5, 5.41) is 4.48. The van der Waals surface area contributed by atoms with Gasteiger partial charge in [0.05, 0.1) is 0 Å². The molecule has 0 aliphatic heterocycles. The molecule has 6 heteroatoms. The molecule has 0 saturated heterocycles. The first-order valence-electron chi connectivity index (χ1n) is 1.47. The lowest BCUT2D eigenvalue weighted by Gasteiger charge is -1.87. The molecule has 0 radical (unpaired) electrons. The zero-order valence-electron chi connectivity index (χ0n) is 3.64. The molecule has 0 heterocycles. The number of hydrogen-bond donors (Lipinski definition) is 1. The van der Waals surface area contributed by atoms with Crippen molar-refractivity contribution in [2.75, 3.05) is 0 Å². The van der Waals surface area contributed by atoms with Gasteiger partial charge in [0.25, 0.3) is 0 Å². The average Bonchev–Trinajstić information content (AvgIpc) is 1.62. The van der Waals surface area contributed by atoms with Gasteiger partial charge in [0.2, 0.25) is 10.0 Å². The maximum absolute atomic E-state index is 10.1. The number of primary sulfonamides is 1. The van der Waals surface area contributed by atoms with Crippen molar-refractivity contribution in [2.45, 2.75) is 0 Å². The highest BCUT2D eigenvalue weighted by atomic mass is 35.5. The van der Waals surface area contributed by atoms with E-state index in [1.807, 2.05) is 0 Å². The zero-order chi connectivity index (χ0) is 6.78.